The summed E-state index contributed by atoms with van der Waals surface area (Å²) in [5.41, 5.74) is 0.308. The van der Waals surface area contributed by atoms with Gasteiger partial charge in [-0.3, -0.25) is 4.79 Å². The van der Waals surface area contributed by atoms with E-state index < -0.39 is 5.91 Å². The molecule has 0 atom stereocenters. The zero-order chi connectivity index (χ0) is 10.6. The lowest BCUT2D eigenvalue weighted by molar-refractivity contribution is 0.0958. The lowest BCUT2D eigenvalue weighted by Gasteiger charge is -2.02. The number of benzene rings is 1. The van der Waals surface area contributed by atoms with Gasteiger partial charge in [-0.05, 0) is 18.2 Å². The van der Waals surface area contributed by atoms with Crippen molar-refractivity contribution in [3.63, 3.8) is 0 Å². The summed E-state index contributed by atoms with van der Waals surface area (Å²) in [6.07, 6.45) is 0. The number of hydrogen-bond donors (Lipinski definition) is 2. The summed E-state index contributed by atoms with van der Waals surface area (Å²) < 4.78 is 0. The molecule has 2 N–H and O–H groups in total. The second-order valence-corrected chi connectivity index (χ2v) is 2.91. The zero-order valence-electron chi connectivity index (χ0n) is 7.12. The largest absolute Gasteiger partial charge is 0.506 e. The first-order chi connectivity index (χ1) is 6.65. The molecule has 0 aromatic heterocycles. The average Bonchev–Trinajstić information content (AvgIpc) is 2.18. The number of amides is 1. The van der Waals surface area contributed by atoms with Gasteiger partial charge in [0.1, 0.15) is 12.3 Å². The van der Waals surface area contributed by atoms with Crippen LogP contribution in [0, 0.1) is 11.3 Å². The molecular formula is C9H7ClN2O2. The van der Waals surface area contributed by atoms with Gasteiger partial charge in [0.05, 0.1) is 11.1 Å². The molecule has 1 rings (SSSR count). The van der Waals surface area contributed by atoms with Crippen LogP contribution >= 0.6 is 11.6 Å². The van der Waals surface area contributed by atoms with Gasteiger partial charge in [-0.25, -0.2) is 0 Å². The molecule has 72 valence electrons. The van der Waals surface area contributed by atoms with E-state index in [0.717, 1.165) is 0 Å². The zero-order valence-corrected chi connectivity index (χ0v) is 7.88. The number of nitriles is 1. The Hall–Kier alpha value is -1.73. The second-order valence-electron chi connectivity index (χ2n) is 2.51. The fourth-order valence-corrected chi connectivity index (χ4v) is 1.05. The number of nitrogens with one attached hydrogen (secondary N) is 1. The van der Waals surface area contributed by atoms with Crippen LogP contribution in [-0.4, -0.2) is 17.6 Å². The van der Waals surface area contributed by atoms with E-state index in [0.29, 0.717) is 5.56 Å². The third kappa shape index (κ3) is 2.38. The number of phenolic OH excluding ortho intramolecular Hbond substituents is 1. The van der Waals surface area contributed by atoms with Crippen molar-refractivity contribution in [1.29, 1.82) is 5.26 Å². The van der Waals surface area contributed by atoms with Crippen LogP contribution in [0.15, 0.2) is 18.2 Å². The van der Waals surface area contributed by atoms with Crippen molar-refractivity contribution < 1.29 is 9.90 Å². The average molecular weight is 211 g/mol. The summed E-state index contributed by atoms with van der Waals surface area (Å²) in [6.45, 7) is -0.0582. The minimum absolute atomic E-state index is 0.0582. The van der Waals surface area contributed by atoms with Gasteiger partial charge in [0, 0.05) is 5.56 Å². The smallest absolute Gasteiger partial charge is 0.252 e. The van der Waals surface area contributed by atoms with Gasteiger partial charge in [-0.2, -0.15) is 5.26 Å². The molecule has 1 aromatic rings. The number of aromatic hydroxyl groups is 1. The molecule has 0 aliphatic carbocycles. The van der Waals surface area contributed by atoms with Crippen LogP contribution in [0.5, 0.6) is 5.75 Å². The fourth-order valence-electron chi connectivity index (χ4n) is 0.870. The van der Waals surface area contributed by atoms with Crippen LogP contribution in [0.2, 0.25) is 5.02 Å². The maximum Gasteiger partial charge on any atom is 0.252 e. The normalized spacial score (nSPS) is 9.14. The molecule has 0 aliphatic heterocycles. The number of rotatable bonds is 2. The molecule has 1 amide bonds. The maximum absolute atomic E-state index is 11.3. The first-order valence-electron chi connectivity index (χ1n) is 3.79. The highest BCUT2D eigenvalue weighted by atomic mass is 35.5. The number of carbonyl (C=O) groups is 1. The molecule has 0 fully saturated rings. The Balaban J connectivity index is 2.82. The van der Waals surface area contributed by atoms with E-state index in [1.807, 2.05) is 0 Å². The Bertz CT molecular complexity index is 398. The summed E-state index contributed by atoms with van der Waals surface area (Å²) >= 11 is 5.60. The third-order valence-electron chi connectivity index (χ3n) is 1.54. The number of halogens is 1. The summed E-state index contributed by atoms with van der Waals surface area (Å²) in [6, 6.07) is 5.86. The van der Waals surface area contributed by atoms with Gasteiger partial charge < -0.3 is 10.4 Å². The van der Waals surface area contributed by atoms with Gasteiger partial charge >= 0.3 is 0 Å². The van der Waals surface area contributed by atoms with E-state index in [4.69, 9.17) is 22.0 Å². The molecule has 0 saturated carbocycles. The highest BCUT2D eigenvalue weighted by molar-refractivity contribution is 6.32. The standard InChI is InChI=1S/C9H7ClN2O2/c10-7-5-6(1-2-8(7)13)9(14)12-4-3-11/h1-2,5,13H,4H2,(H,12,14). The molecule has 0 unspecified atom stereocenters. The topological polar surface area (TPSA) is 73.1 Å². The van der Waals surface area contributed by atoms with E-state index in [1.165, 1.54) is 18.2 Å². The first kappa shape index (κ1) is 10.4. The Morgan fingerprint density at radius 1 is 1.64 bits per heavy atom. The number of carbonyl (C=O) groups excluding carboxylic acids is 1. The molecule has 5 heteroatoms. The van der Waals surface area contributed by atoms with Gasteiger partial charge in [0.2, 0.25) is 0 Å². The third-order valence-corrected chi connectivity index (χ3v) is 1.84. The molecule has 0 heterocycles. The number of nitrogens with zero attached hydrogens (tertiary/aromatic N) is 1. The molecular weight excluding hydrogens is 204 g/mol. The summed E-state index contributed by atoms with van der Waals surface area (Å²) in [5.74, 6) is -0.475. The maximum atomic E-state index is 11.3. The predicted molar refractivity (Wildman–Crippen MR) is 51.1 cm³/mol. The van der Waals surface area contributed by atoms with E-state index in [9.17, 15) is 4.79 Å². The Labute approximate surface area is 85.7 Å². The van der Waals surface area contributed by atoms with Crippen molar-refractivity contribution in [3.8, 4) is 11.8 Å². The lowest BCUT2D eigenvalue weighted by atomic mass is 10.2. The summed E-state index contributed by atoms with van der Waals surface area (Å²) in [5, 5.41) is 19.8. The van der Waals surface area contributed by atoms with Gasteiger partial charge in [0.15, 0.2) is 0 Å². The van der Waals surface area contributed by atoms with Gasteiger partial charge in [0.25, 0.3) is 5.91 Å². The van der Waals surface area contributed by atoms with Crippen molar-refractivity contribution in [2.45, 2.75) is 0 Å². The van der Waals surface area contributed by atoms with Crippen LogP contribution < -0.4 is 5.32 Å². The monoisotopic (exact) mass is 210 g/mol. The molecule has 14 heavy (non-hydrogen) atoms. The van der Waals surface area contributed by atoms with Crippen LogP contribution in [0.4, 0.5) is 0 Å². The van der Waals surface area contributed by atoms with Crippen LogP contribution in [-0.2, 0) is 0 Å². The molecule has 0 saturated heterocycles. The van der Waals surface area contributed by atoms with E-state index in [1.54, 1.807) is 6.07 Å². The Morgan fingerprint density at radius 3 is 2.93 bits per heavy atom. The predicted octanol–water partition coefficient (Wildman–Crippen LogP) is 1.30. The molecule has 0 bridgehead atoms. The quantitative estimate of drug-likeness (QED) is 0.723. The molecule has 0 radical (unpaired) electrons. The van der Waals surface area contributed by atoms with E-state index in [-0.39, 0.29) is 17.3 Å². The Kier molecular flexibility index (Phi) is 3.32. The molecule has 0 spiro atoms. The van der Waals surface area contributed by atoms with Gasteiger partial charge in [-0.15, -0.1) is 0 Å². The Morgan fingerprint density at radius 2 is 2.36 bits per heavy atom. The van der Waals surface area contributed by atoms with E-state index in [2.05, 4.69) is 5.32 Å². The van der Waals surface area contributed by atoms with Gasteiger partial charge in [-0.1, -0.05) is 11.6 Å². The SMILES string of the molecule is N#CCNC(=O)c1ccc(O)c(Cl)c1. The lowest BCUT2D eigenvalue weighted by Crippen LogP contribution is -2.23. The summed E-state index contributed by atoms with van der Waals surface area (Å²) in [4.78, 5) is 11.3. The molecule has 0 aliphatic rings. The van der Waals surface area contributed by atoms with Crippen molar-refractivity contribution in [2.24, 2.45) is 0 Å². The number of hydrogen-bond acceptors (Lipinski definition) is 3. The van der Waals surface area contributed by atoms with Crippen LogP contribution in [0.3, 0.4) is 0 Å². The molecule has 1 aromatic carbocycles. The summed E-state index contributed by atoms with van der Waals surface area (Å²) in [7, 11) is 0. The van der Waals surface area contributed by atoms with Crippen molar-refractivity contribution in [2.75, 3.05) is 6.54 Å². The minimum Gasteiger partial charge on any atom is -0.506 e. The number of phenols is 1. The van der Waals surface area contributed by atoms with Crippen LogP contribution in [0.25, 0.3) is 0 Å². The highest BCUT2D eigenvalue weighted by Crippen LogP contribution is 2.23. The van der Waals surface area contributed by atoms with Crippen molar-refractivity contribution in [1.82, 2.24) is 5.32 Å². The highest BCUT2D eigenvalue weighted by Gasteiger charge is 2.06. The van der Waals surface area contributed by atoms with Crippen LogP contribution in [0.1, 0.15) is 10.4 Å². The fraction of sp³-hybridized carbons (Fsp3) is 0.111. The van der Waals surface area contributed by atoms with Crippen molar-refractivity contribution >= 4 is 17.5 Å². The first-order valence-corrected chi connectivity index (χ1v) is 4.16. The second kappa shape index (κ2) is 4.49. The van der Waals surface area contributed by atoms with Crippen molar-refractivity contribution in [3.05, 3.63) is 28.8 Å². The molecule has 4 nitrogen and oxygen atoms in total. The minimum atomic E-state index is -0.395. The van der Waals surface area contributed by atoms with E-state index >= 15 is 0 Å².